The van der Waals surface area contributed by atoms with Gasteiger partial charge < -0.3 is 10.1 Å². The summed E-state index contributed by atoms with van der Waals surface area (Å²) < 4.78 is 19.6. The molecule has 21 heavy (non-hydrogen) atoms. The van der Waals surface area contributed by atoms with Gasteiger partial charge in [-0.05, 0) is 47.1 Å². The molecule has 0 aliphatic rings. The summed E-state index contributed by atoms with van der Waals surface area (Å²) >= 11 is 9.27. The van der Waals surface area contributed by atoms with E-state index in [9.17, 15) is 9.18 Å². The molecule has 2 rings (SSSR count). The highest BCUT2D eigenvalue weighted by Crippen LogP contribution is 2.36. The Labute approximate surface area is 134 Å². The van der Waals surface area contributed by atoms with Gasteiger partial charge in [0.1, 0.15) is 0 Å². The van der Waals surface area contributed by atoms with Crippen LogP contribution >= 0.6 is 27.5 Å². The van der Waals surface area contributed by atoms with Crippen LogP contribution in [0.25, 0.3) is 0 Å². The van der Waals surface area contributed by atoms with E-state index < -0.39 is 11.9 Å². The lowest BCUT2D eigenvalue weighted by molar-refractivity contribution is 0.102. The van der Waals surface area contributed by atoms with E-state index in [0.717, 1.165) is 0 Å². The van der Waals surface area contributed by atoms with Gasteiger partial charge in [0.2, 0.25) is 5.95 Å². The summed E-state index contributed by atoms with van der Waals surface area (Å²) in [5, 5.41) is 2.99. The van der Waals surface area contributed by atoms with Crippen molar-refractivity contribution in [2.24, 2.45) is 0 Å². The van der Waals surface area contributed by atoms with Gasteiger partial charge in [-0.1, -0.05) is 11.6 Å². The predicted octanol–water partition coefficient (Wildman–Crippen LogP) is 4.29. The largest absolute Gasteiger partial charge is 0.491 e. The van der Waals surface area contributed by atoms with Crippen molar-refractivity contribution in [3.8, 4) is 5.75 Å². The SMILES string of the molecule is CCOc1c(Br)cc(Cl)cc1NC(=O)c1cccnc1F. The van der Waals surface area contributed by atoms with Crippen LogP contribution in [0.15, 0.2) is 34.9 Å². The summed E-state index contributed by atoms with van der Waals surface area (Å²) in [6, 6.07) is 6.00. The first-order valence-electron chi connectivity index (χ1n) is 6.06. The Morgan fingerprint density at radius 1 is 1.52 bits per heavy atom. The lowest BCUT2D eigenvalue weighted by Gasteiger charge is -2.14. The van der Waals surface area contributed by atoms with Crippen LogP contribution in [0.3, 0.4) is 0 Å². The van der Waals surface area contributed by atoms with Gasteiger partial charge in [-0.15, -0.1) is 0 Å². The van der Waals surface area contributed by atoms with Gasteiger partial charge in [0.15, 0.2) is 5.75 Å². The molecular formula is C14H11BrClFN2O2. The average molecular weight is 374 g/mol. The number of carbonyl (C=O) groups excluding carboxylic acids is 1. The molecule has 110 valence electrons. The topological polar surface area (TPSA) is 51.2 Å². The summed E-state index contributed by atoms with van der Waals surface area (Å²) in [6.07, 6.45) is 1.27. The van der Waals surface area contributed by atoms with E-state index >= 15 is 0 Å². The second-order valence-corrected chi connectivity index (χ2v) is 5.28. The molecule has 1 aromatic carbocycles. The van der Waals surface area contributed by atoms with E-state index in [4.69, 9.17) is 16.3 Å². The Hall–Kier alpha value is -1.66. The molecule has 0 radical (unpaired) electrons. The fourth-order valence-electron chi connectivity index (χ4n) is 1.69. The number of benzene rings is 1. The lowest BCUT2D eigenvalue weighted by atomic mass is 10.2. The molecule has 0 saturated heterocycles. The Morgan fingerprint density at radius 2 is 2.29 bits per heavy atom. The van der Waals surface area contributed by atoms with Crippen molar-refractivity contribution in [1.29, 1.82) is 0 Å². The minimum Gasteiger partial charge on any atom is -0.491 e. The van der Waals surface area contributed by atoms with E-state index in [0.29, 0.717) is 27.5 Å². The van der Waals surface area contributed by atoms with E-state index in [2.05, 4.69) is 26.2 Å². The fraction of sp³-hybridized carbons (Fsp3) is 0.143. The third kappa shape index (κ3) is 3.71. The maximum Gasteiger partial charge on any atom is 0.260 e. The molecule has 1 amide bonds. The number of anilines is 1. The quantitative estimate of drug-likeness (QED) is 0.814. The molecule has 0 aliphatic heterocycles. The van der Waals surface area contributed by atoms with Crippen molar-refractivity contribution in [2.75, 3.05) is 11.9 Å². The van der Waals surface area contributed by atoms with Crippen LogP contribution in [0.1, 0.15) is 17.3 Å². The summed E-state index contributed by atoms with van der Waals surface area (Å²) in [7, 11) is 0. The van der Waals surface area contributed by atoms with Crippen LogP contribution in [0.5, 0.6) is 5.75 Å². The Bertz CT molecular complexity index is 682. The van der Waals surface area contributed by atoms with E-state index in [-0.39, 0.29) is 5.56 Å². The highest BCUT2D eigenvalue weighted by atomic mass is 79.9. The zero-order chi connectivity index (χ0) is 15.4. The van der Waals surface area contributed by atoms with Gasteiger partial charge in [0.05, 0.1) is 22.3 Å². The number of hydrogen-bond donors (Lipinski definition) is 1. The molecular weight excluding hydrogens is 363 g/mol. The first kappa shape index (κ1) is 15.7. The van der Waals surface area contributed by atoms with Crippen LogP contribution in [-0.2, 0) is 0 Å². The number of ether oxygens (including phenoxy) is 1. The van der Waals surface area contributed by atoms with Gasteiger partial charge >= 0.3 is 0 Å². The van der Waals surface area contributed by atoms with E-state index in [1.165, 1.54) is 24.4 Å². The number of carbonyl (C=O) groups is 1. The number of hydrogen-bond acceptors (Lipinski definition) is 3. The van der Waals surface area contributed by atoms with Crippen molar-refractivity contribution in [2.45, 2.75) is 6.92 Å². The predicted molar refractivity (Wildman–Crippen MR) is 82.5 cm³/mol. The minimum absolute atomic E-state index is 0.156. The van der Waals surface area contributed by atoms with Crippen molar-refractivity contribution >= 4 is 39.1 Å². The molecule has 7 heteroatoms. The standard InChI is InChI=1S/C14H11BrClFN2O2/c1-2-21-12-10(15)6-8(16)7-11(12)19-14(20)9-4-3-5-18-13(9)17/h3-7H,2H2,1H3,(H,19,20). The normalized spacial score (nSPS) is 10.3. The molecule has 1 N–H and O–H groups in total. The molecule has 1 heterocycles. The molecule has 0 bridgehead atoms. The average Bonchev–Trinajstić information content (AvgIpc) is 2.43. The van der Waals surface area contributed by atoms with Gasteiger partial charge in [0, 0.05) is 11.2 Å². The lowest BCUT2D eigenvalue weighted by Crippen LogP contribution is -2.15. The minimum atomic E-state index is -0.839. The summed E-state index contributed by atoms with van der Waals surface area (Å²) in [4.78, 5) is 15.6. The Morgan fingerprint density at radius 3 is 2.95 bits per heavy atom. The molecule has 1 aromatic heterocycles. The monoisotopic (exact) mass is 372 g/mol. The molecule has 0 fully saturated rings. The number of halogens is 3. The van der Waals surface area contributed by atoms with Crippen molar-refractivity contribution in [1.82, 2.24) is 4.98 Å². The first-order chi connectivity index (χ1) is 10.0. The molecule has 4 nitrogen and oxygen atoms in total. The third-order valence-corrected chi connectivity index (χ3v) is 3.36. The van der Waals surface area contributed by atoms with Crippen LogP contribution in [0.2, 0.25) is 5.02 Å². The number of aromatic nitrogens is 1. The molecule has 0 unspecified atom stereocenters. The summed E-state index contributed by atoms with van der Waals surface area (Å²) in [5.41, 5.74) is 0.195. The number of rotatable bonds is 4. The summed E-state index contributed by atoms with van der Waals surface area (Å²) in [6.45, 7) is 2.22. The smallest absolute Gasteiger partial charge is 0.260 e. The molecule has 0 spiro atoms. The zero-order valence-corrected chi connectivity index (χ0v) is 13.3. The van der Waals surface area contributed by atoms with Crippen molar-refractivity contribution in [3.05, 3.63) is 51.5 Å². The van der Waals surface area contributed by atoms with Gasteiger partial charge in [0.25, 0.3) is 5.91 Å². The van der Waals surface area contributed by atoms with E-state index in [1.54, 1.807) is 6.07 Å². The number of amides is 1. The molecule has 0 aliphatic carbocycles. The maximum absolute atomic E-state index is 13.5. The second kappa shape index (κ2) is 6.87. The van der Waals surface area contributed by atoms with Crippen LogP contribution in [0, 0.1) is 5.95 Å². The summed E-state index contributed by atoms with van der Waals surface area (Å²) in [5.74, 6) is -1.04. The van der Waals surface area contributed by atoms with Gasteiger partial charge in [-0.25, -0.2) is 4.98 Å². The zero-order valence-electron chi connectivity index (χ0n) is 11.0. The third-order valence-electron chi connectivity index (χ3n) is 2.55. The van der Waals surface area contributed by atoms with E-state index in [1.807, 2.05) is 6.92 Å². The number of pyridine rings is 1. The van der Waals surface area contributed by atoms with Gasteiger partial charge in [-0.3, -0.25) is 4.79 Å². The van der Waals surface area contributed by atoms with Crippen molar-refractivity contribution in [3.63, 3.8) is 0 Å². The molecule has 0 saturated carbocycles. The van der Waals surface area contributed by atoms with Crippen LogP contribution < -0.4 is 10.1 Å². The molecule has 2 aromatic rings. The first-order valence-corrected chi connectivity index (χ1v) is 7.23. The molecule has 0 atom stereocenters. The number of nitrogens with one attached hydrogen (secondary N) is 1. The van der Waals surface area contributed by atoms with Gasteiger partial charge in [-0.2, -0.15) is 4.39 Å². The maximum atomic E-state index is 13.5. The number of nitrogens with zero attached hydrogens (tertiary/aromatic N) is 1. The Balaban J connectivity index is 2.35. The fourth-order valence-corrected chi connectivity index (χ4v) is 2.61. The highest BCUT2D eigenvalue weighted by Gasteiger charge is 2.16. The van der Waals surface area contributed by atoms with Crippen LogP contribution in [0.4, 0.5) is 10.1 Å². The Kier molecular flexibility index (Phi) is 5.14. The van der Waals surface area contributed by atoms with Crippen molar-refractivity contribution < 1.29 is 13.9 Å². The second-order valence-electron chi connectivity index (χ2n) is 3.99. The van der Waals surface area contributed by atoms with Crippen LogP contribution in [-0.4, -0.2) is 17.5 Å². The highest BCUT2D eigenvalue weighted by molar-refractivity contribution is 9.10.